The molecule has 0 unspecified atom stereocenters. The Balaban J connectivity index is 3.13. The lowest BCUT2D eigenvalue weighted by Crippen LogP contribution is -1.99. The highest BCUT2D eigenvalue weighted by atomic mass is 16.5. The zero-order chi connectivity index (χ0) is 12.1. The number of esters is 1. The van der Waals surface area contributed by atoms with Crippen molar-refractivity contribution in [3.05, 3.63) is 41.0 Å². The van der Waals surface area contributed by atoms with Gasteiger partial charge in [-0.1, -0.05) is 12.1 Å². The summed E-state index contributed by atoms with van der Waals surface area (Å²) in [4.78, 5) is 10.9. The number of benzene rings is 1. The van der Waals surface area contributed by atoms with Crippen LogP contribution < -0.4 is 0 Å². The van der Waals surface area contributed by atoms with Crippen LogP contribution in [0.2, 0.25) is 0 Å². The molecule has 82 valence electrons. The molecule has 0 saturated carbocycles. The minimum absolute atomic E-state index is 0.290. The normalized spacial score (nSPS) is 10.8. The second-order valence-corrected chi connectivity index (χ2v) is 3.53. The van der Waals surface area contributed by atoms with Gasteiger partial charge in [0.25, 0.3) is 0 Å². The molecule has 0 fully saturated rings. The van der Waals surface area contributed by atoms with Crippen molar-refractivity contribution in [1.29, 1.82) is 5.26 Å². The van der Waals surface area contributed by atoms with Crippen LogP contribution in [0.15, 0.2) is 24.3 Å². The van der Waals surface area contributed by atoms with E-state index in [0.29, 0.717) is 0 Å². The molecule has 0 aliphatic heterocycles. The number of aryl methyl sites for hydroxylation is 2. The summed E-state index contributed by atoms with van der Waals surface area (Å²) in [6.07, 6.45) is 1.23. The lowest BCUT2D eigenvalue weighted by molar-refractivity contribution is -0.134. The van der Waals surface area contributed by atoms with Crippen LogP contribution in [0, 0.1) is 25.2 Å². The SMILES string of the molecule is CC(=O)O/C(=C\C#N)c1ccc(C)c(C)c1. The summed E-state index contributed by atoms with van der Waals surface area (Å²) >= 11 is 0. The third kappa shape index (κ3) is 2.96. The van der Waals surface area contributed by atoms with E-state index in [9.17, 15) is 4.79 Å². The maximum atomic E-state index is 10.9. The van der Waals surface area contributed by atoms with Crippen LogP contribution in [0.25, 0.3) is 5.76 Å². The Labute approximate surface area is 95.0 Å². The lowest BCUT2D eigenvalue weighted by Gasteiger charge is -2.08. The van der Waals surface area contributed by atoms with Crippen molar-refractivity contribution >= 4 is 11.7 Å². The quantitative estimate of drug-likeness (QED) is 0.433. The van der Waals surface area contributed by atoms with Crippen LogP contribution >= 0.6 is 0 Å². The number of nitriles is 1. The topological polar surface area (TPSA) is 50.1 Å². The first-order valence-corrected chi connectivity index (χ1v) is 4.90. The number of hydrogen-bond donors (Lipinski definition) is 0. The molecule has 0 N–H and O–H groups in total. The molecule has 0 atom stereocenters. The van der Waals surface area contributed by atoms with Gasteiger partial charge in [-0.25, -0.2) is 0 Å². The monoisotopic (exact) mass is 215 g/mol. The first kappa shape index (κ1) is 12.0. The van der Waals surface area contributed by atoms with E-state index in [1.54, 1.807) is 0 Å². The van der Waals surface area contributed by atoms with Crippen molar-refractivity contribution in [2.45, 2.75) is 20.8 Å². The summed E-state index contributed by atoms with van der Waals surface area (Å²) < 4.78 is 4.97. The van der Waals surface area contributed by atoms with Gasteiger partial charge in [0.1, 0.15) is 5.76 Å². The number of rotatable bonds is 2. The zero-order valence-corrected chi connectivity index (χ0v) is 9.57. The van der Waals surface area contributed by atoms with Gasteiger partial charge in [0.2, 0.25) is 0 Å². The van der Waals surface area contributed by atoms with Crippen molar-refractivity contribution in [1.82, 2.24) is 0 Å². The third-order valence-electron chi connectivity index (χ3n) is 2.24. The van der Waals surface area contributed by atoms with E-state index in [2.05, 4.69) is 0 Å². The molecule has 3 heteroatoms. The number of carbonyl (C=O) groups is 1. The Morgan fingerprint density at radius 2 is 2.06 bits per heavy atom. The van der Waals surface area contributed by atoms with Crippen LogP contribution in [-0.4, -0.2) is 5.97 Å². The Morgan fingerprint density at radius 3 is 2.56 bits per heavy atom. The van der Waals surface area contributed by atoms with E-state index in [1.807, 2.05) is 38.1 Å². The molecular formula is C13H13NO2. The molecule has 0 radical (unpaired) electrons. The van der Waals surface area contributed by atoms with Crippen molar-refractivity contribution in [2.24, 2.45) is 0 Å². The molecule has 16 heavy (non-hydrogen) atoms. The molecule has 0 aliphatic rings. The van der Waals surface area contributed by atoms with E-state index in [0.717, 1.165) is 16.7 Å². The number of hydrogen-bond acceptors (Lipinski definition) is 3. The molecular weight excluding hydrogens is 202 g/mol. The lowest BCUT2D eigenvalue weighted by atomic mass is 10.1. The molecule has 1 rings (SSSR count). The second kappa shape index (κ2) is 5.13. The van der Waals surface area contributed by atoms with Gasteiger partial charge < -0.3 is 4.74 Å². The number of ether oxygens (including phenoxy) is 1. The Kier molecular flexibility index (Phi) is 3.84. The first-order chi connectivity index (χ1) is 7.54. The molecule has 0 bridgehead atoms. The molecule has 1 aromatic rings. The number of nitrogens with zero attached hydrogens (tertiary/aromatic N) is 1. The van der Waals surface area contributed by atoms with Crippen molar-refractivity contribution in [3.63, 3.8) is 0 Å². The zero-order valence-electron chi connectivity index (χ0n) is 9.57. The summed E-state index contributed by atoms with van der Waals surface area (Å²) in [5.74, 6) is -0.141. The van der Waals surface area contributed by atoms with Crippen molar-refractivity contribution in [3.8, 4) is 6.07 Å². The van der Waals surface area contributed by atoms with Crippen LogP contribution in [0.3, 0.4) is 0 Å². The molecule has 0 aliphatic carbocycles. The van der Waals surface area contributed by atoms with Gasteiger partial charge >= 0.3 is 5.97 Å². The standard InChI is InChI=1S/C13H13NO2/c1-9-4-5-12(8-10(9)2)13(6-7-14)16-11(3)15/h4-6,8H,1-3H3/b13-6-. The Hall–Kier alpha value is -2.08. The average Bonchev–Trinajstić information content (AvgIpc) is 2.21. The Bertz CT molecular complexity index is 481. The highest BCUT2D eigenvalue weighted by Crippen LogP contribution is 2.19. The summed E-state index contributed by atoms with van der Waals surface area (Å²) in [5.41, 5.74) is 2.98. The van der Waals surface area contributed by atoms with E-state index in [4.69, 9.17) is 10.00 Å². The predicted molar refractivity (Wildman–Crippen MR) is 61.3 cm³/mol. The molecule has 1 aromatic carbocycles. The van der Waals surface area contributed by atoms with E-state index in [1.165, 1.54) is 13.0 Å². The highest BCUT2D eigenvalue weighted by Gasteiger charge is 2.06. The molecule has 0 aromatic heterocycles. The van der Waals surface area contributed by atoms with Gasteiger partial charge in [0, 0.05) is 12.5 Å². The second-order valence-electron chi connectivity index (χ2n) is 3.53. The minimum atomic E-state index is -0.431. The molecule has 0 heterocycles. The largest absolute Gasteiger partial charge is 0.425 e. The fraction of sp³-hybridized carbons (Fsp3) is 0.231. The summed E-state index contributed by atoms with van der Waals surface area (Å²) in [6.45, 7) is 5.28. The van der Waals surface area contributed by atoms with Gasteiger partial charge in [-0.3, -0.25) is 4.79 Å². The summed E-state index contributed by atoms with van der Waals surface area (Å²) in [6, 6.07) is 7.51. The van der Waals surface area contributed by atoms with Crippen LogP contribution in [0.1, 0.15) is 23.6 Å². The van der Waals surface area contributed by atoms with E-state index in [-0.39, 0.29) is 5.76 Å². The molecule has 0 amide bonds. The van der Waals surface area contributed by atoms with Crippen LogP contribution in [-0.2, 0) is 9.53 Å². The third-order valence-corrected chi connectivity index (χ3v) is 2.24. The summed E-state index contributed by atoms with van der Waals surface area (Å²) in [5, 5.41) is 8.62. The highest BCUT2D eigenvalue weighted by molar-refractivity contribution is 5.77. The number of allylic oxidation sites excluding steroid dienone is 1. The average molecular weight is 215 g/mol. The van der Waals surface area contributed by atoms with Gasteiger partial charge in [-0.15, -0.1) is 0 Å². The smallest absolute Gasteiger partial charge is 0.308 e. The maximum Gasteiger partial charge on any atom is 0.308 e. The van der Waals surface area contributed by atoms with Crippen LogP contribution in [0.4, 0.5) is 0 Å². The maximum absolute atomic E-state index is 10.9. The van der Waals surface area contributed by atoms with Gasteiger partial charge in [0.05, 0.1) is 12.1 Å². The fourth-order valence-electron chi connectivity index (χ4n) is 1.28. The van der Waals surface area contributed by atoms with Crippen molar-refractivity contribution < 1.29 is 9.53 Å². The Morgan fingerprint density at radius 1 is 1.38 bits per heavy atom. The van der Waals surface area contributed by atoms with E-state index < -0.39 is 5.97 Å². The minimum Gasteiger partial charge on any atom is -0.425 e. The first-order valence-electron chi connectivity index (χ1n) is 4.90. The predicted octanol–water partition coefficient (Wildman–Crippen LogP) is 2.73. The molecule has 0 saturated heterocycles. The molecule has 3 nitrogen and oxygen atoms in total. The number of carbonyl (C=O) groups excluding carboxylic acids is 1. The van der Waals surface area contributed by atoms with E-state index >= 15 is 0 Å². The van der Waals surface area contributed by atoms with Gasteiger partial charge in [-0.2, -0.15) is 5.26 Å². The summed E-state index contributed by atoms with van der Waals surface area (Å²) in [7, 11) is 0. The molecule has 0 spiro atoms. The van der Waals surface area contributed by atoms with Crippen molar-refractivity contribution in [2.75, 3.05) is 0 Å². The fourth-order valence-corrected chi connectivity index (χ4v) is 1.28. The van der Waals surface area contributed by atoms with Crippen LogP contribution in [0.5, 0.6) is 0 Å². The van der Waals surface area contributed by atoms with Gasteiger partial charge in [-0.05, 0) is 31.0 Å². The van der Waals surface area contributed by atoms with Gasteiger partial charge in [0.15, 0.2) is 0 Å².